The molecular formula is C55H71NO22S5. The maximum absolute atomic E-state index is 12.9. The van der Waals surface area contributed by atoms with Crippen molar-refractivity contribution in [3.63, 3.8) is 0 Å². The summed E-state index contributed by atoms with van der Waals surface area (Å²) in [5.74, 6) is -1.64. The zero-order chi connectivity index (χ0) is 61.6. The van der Waals surface area contributed by atoms with Gasteiger partial charge in [-0.2, -0.15) is 42.1 Å². The smallest absolute Gasteiger partial charge is 0.303 e. The lowest BCUT2D eigenvalue weighted by Gasteiger charge is -2.34. The Morgan fingerprint density at radius 2 is 1.13 bits per heavy atom. The highest BCUT2D eigenvalue weighted by Crippen LogP contribution is 2.54. The first-order valence-corrected chi connectivity index (χ1v) is 33.4. The number of fused-ring (bicyclic) bond motifs is 4. The fourth-order valence-corrected chi connectivity index (χ4v) is 13.3. The van der Waals surface area contributed by atoms with Crippen LogP contribution >= 0.6 is 0 Å². The molecule has 4 aromatic carbocycles. The Kier molecular flexibility index (Phi) is 24.1. The molecule has 0 aliphatic carbocycles. The predicted octanol–water partition coefficient (Wildman–Crippen LogP) is 7.85. The van der Waals surface area contributed by atoms with E-state index < -0.39 is 92.7 Å². The number of anilines is 1. The molecule has 0 aromatic heterocycles. The van der Waals surface area contributed by atoms with Crippen molar-refractivity contribution in [2.45, 2.75) is 96.1 Å². The number of rotatable bonds is 35. The fraction of sp³-hybridized carbons (Fsp3) is 0.436. The number of hydrogen-bond donors (Lipinski definition) is 6. The number of hydrogen-bond acceptors (Lipinski definition) is 17. The lowest BCUT2D eigenvalue weighted by molar-refractivity contribution is -0.137. The van der Waals surface area contributed by atoms with E-state index >= 15 is 0 Å². The second-order valence-electron chi connectivity index (χ2n) is 20.0. The van der Waals surface area contributed by atoms with Gasteiger partial charge < -0.3 is 33.7 Å². The van der Waals surface area contributed by atoms with E-state index in [1.54, 1.807) is 69.6 Å². The molecule has 23 nitrogen and oxygen atoms in total. The molecule has 1 aliphatic heterocycles. The Bertz CT molecular complexity index is 3730. The third-order valence-electron chi connectivity index (χ3n) is 14.1. The molecule has 28 heteroatoms. The average Bonchev–Trinajstić information content (AvgIpc) is 1.76. The molecule has 6 N–H and O–H groups in total. The molecule has 0 spiro atoms. The number of carboxylic acids is 1. The van der Waals surface area contributed by atoms with Crippen LogP contribution in [0, 0.1) is 6.92 Å². The van der Waals surface area contributed by atoms with E-state index in [9.17, 15) is 74.8 Å². The predicted molar refractivity (Wildman–Crippen MR) is 310 cm³/mol. The normalized spacial score (nSPS) is 16.8. The van der Waals surface area contributed by atoms with E-state index in [-0.39, 0.29) is 79.2 Å². The standard InChI is InChI=1S/C55H71NO22S5/c1-39-18-19-43-45(35-41(80(62,63)64)37-48(43)82(68,69)70)52(39)54(3,22-14-34-79(59,60)61)40(2)15-10-7-6-8-11-16-50-55(4,23-25-75-28-29-77-32-33-78-31-30-76-27-26-74-5)53-46-36-42(81(65,66)67)38-49(83(71,72)73)44(46)20-21-47(53)56(50)24-13-9-12-17-51(57)58/h6-8,10-11,15-16,18-21,35-38H,2,9,12-14,17,22-34H2,1,3-5H3,(H,57,58)(H,59,60,61)(H,62,63,64)(H,65,66,67)(H,68,69,70)(H,71,72,73)/b7-6+,11-8+,15-10+,50-16+. The maximum Gasteiger partial charge on any atom is 0.303 e. The SMILES string of the molecule is C=C(/C=C/C=C/C=C/C=C1/N(CCCCCC(=O)O)c2ccc3c(S(=O)(=O)O)cc(S(=O)(=O)O)cc3c2C1(C)CCOCCOCCOCCOCCOC)C(C)(CCCS(=O)(=O)O)c1c(C)ccc2c(S(=O)(=O)O)cc(S(=O)(=O)O)cc12. The van der Waals surface area contributed by atoms with Gasteiger partial charge in [-0.05, 0) is 115 Å². The Balaban J connectivity index is 1.54. The van der Waals surface area contributed by atoms with E-state index in [1.165, 1.54) is 18.2 Å². The minimum Gasteiger partial charge on any atom is -0.481 e. The first-order valence-electron chi connectivity index (χ1n) is 26.0. The van der Waals surface area contributed by atoms with Crippen LogP contribution in [0.2, 0.25) is 0 Å². The molecule has 458 valence electrons. The molecule has 0 amide bonds. The maximum atomic E-state index is 12.9. The van der Waals surface area contributed by atoms with Gasteiger partial charge in [-0.25, -0.2) is 0 Å². The van der Waals surface area contributed by atoms with Gasteiger partial charge in [0.25, 0.3) is 50.6 Å². The van der Waals surface area contributed by atoms with E-state index in [0.29, 0.717) is 99.1 Å². The summed E-state index contributed by atoms with van der Waals surface area (Å²) in [5, 5.41) is 9.26. The molecule has 5 rings (SSSR count). The van der Waals surface area contributed by atoms with Gasteiger partial charge >= 0.3 is 5.97 Å². The average molecular weight is 1260 g/mol. The van der Waals surface area contributed by atoms with Crippen molar-refractivity contribution < 1.29 is 98.4 Å². The van der Waals surface area contributed by atoms with E-state index in [1.807, 2.05) is 11.8 Å². The minimum absolute atomic E-state index is 0.0153. The van der Waals surface area contributed by atoms with Gasteiger partial charge in [0.15, 0.2) is 0 Å². The van der Waals surface area contributed by atoms with Gasteiger partial charge in [0.1, 0.15) is 9.79 Å². The lowest BCUT2D eigenvalue weighted by atomic mass is 9.70. The quantitative estimate of drug-likeness (QED) is 0.0145. The summed E-state index contributed by atoms with van der Waals surface area (Å²) < 4.78 is 203. The number of aliphatic carboxylic acids is 1. The highest BCUT2D eigenvalue weighted by atomic mass is 32.2. The zero-order valence-electron chi connectivity index (χ0n) is 46.3. The largest absolute Gasteiger partial charge is 0.481 e. The second-order valence-corrected chi connectivity index (χ2v) is 27.2. The van der Waals surface area contributed by atoms with Gasteiger partial charge in [0, 0.05) is 59.7 Å². The Labute approximate surface area is 485 Å². The number of nitrogens with zero attached hydrogens (tertiary/aromatic N) is 1. The number of ether oxygens (including phenoxy) is 5. The molecule has 0 saturated carbocycles. The monoisotopic (exact) mass is 1260 g/mol. The molecule has 2 unspecified atom stereocenters. The summed E-state index contributed by atoms with van der Waals surface area (Å²) in [6.07, 6.45) is 12.9. The van der Waals surface area contributed by atoms with E-state index in [0.717, 1.165) is 12.1 Å². The second kappa shape index (κ2) is 29.2. The summed E-state index contributed by atoms with van der Waals surface area (Å²) in [6, 6.07) is 9.39. The van der Waals surface area contributed by atoms with E-state index in [2.05, 4.69) is 6.58 Å². The number of carbonyl (C=O) groups is 1. The highest BCUT2D eigenvalue weighted by molar-refractivity contribution is 7.87. The van der Waals surface area contributed by atoms with Crippen LogP contribution in [0.5, 0.6) is 0 Å². The molecule has 0 saturated heterocycles. The Morgan fingerprint density at radius 1 is 0.627 bits per heavy atom. The zero-order valence-corrected chi connectivity index (χ0v) is 50.4. The van der Waals surface area contributed by atoms with Gasteiger partial charge in [-0.15, -0.1) is 0 Å². The topological polar surface area (TPSA) is 359 Å². The summed E-state index contributed by atoms with van der Waals surface area (Å²) in [6.45, 7) is 12.4. The molecule has 2 atom stereocenters. The van der Waals surface area contributed by atoms with Crippen molar-refractivity contribution in [3.05, 3.63) is 126 Å². The minimum atomic E-state index is -5.08. The van der Waals surface area contributed by atoms with Gasteiger partial charge in [-0.3, -0.25) is 27.6 Å². The first-order chi connectivity index (χ1) is 38.8. The number of benzene rings is 4. The lowest BCUT2D eigenvalue weighted by Crippen LogP contribution is -2.30. The molecule has 83 heavy (non-hydrogen) atoms. The Hall–Kier alpha value is -5.28. The van der Waals surface area contributed by atoms with Crippen LogP contribution in [-0.2, 0) is 89.9 Å². The van der Waals surface area contributed by atoms with Crippen LogP contribution in [0.4, 0.5) is 5.69 Å². The molecule has 0 fully saturated rings. The van der Waals surface area contributed by atoms with Crippen LogP contribution in [-0.4, -0.2) is 155 Å². The molecule has 4 aromatic rings. The van der Waals surface area contributed by atoms with Crippen molar-refractivity contribution in [3.8, 4) is 0 Å². The molecule has 1 aliphatic rings. The summed E-state index contributed by atoms with van der Waals surface area (Å²) in [5.41, 5.74) is 0.208. The van der Waals surface area contributed by atoms with Gasteiger partial charge in [0.2, 0.25) is 0 Å². The van der Waals surface area contributed by atoms with Crippen molar-refractivity contribution in [2.24, 2.45) is 0 Å². The van der Waals surface area contributed by atoms with Gasteiger partial charge in [-0.1, -0.05) is 74.6 Å². The third-order valence-corrected chi connectivity index (χ3v) is 18.3. The van der Waals surface area contributed by atoms with E-state index in [4.69, 9.17) is 23.7 Å². The van der Waals surface area contributed by atoms with Gasteiger partial charge in [0.05, 0.1) is 68.4 Å². The summed E-state index contributed by atoms with van der Waals surface area (Å²) in [7, 11) is -23.1. The molecule has 0 radical (unpaired) electrons. The van der Waals surface area contributed by atoms with Crippen LogP contribution < -0.4 is 4.90 Å². The fourth-order valence-electron chi connectivity index (χ4n) is 10.1. The molecular weight excluding hydrogens is 1190 g/mol. The Morgan fingerprint density at radius 3 is 1.66 bits per heavy atom. The summed E-state index contributed by atoms with van der Waals surface area (Å²) in [4.78, 5) is 10.1. The van der Waals surface area contributed by atoms with Crippen molar-refractivity contribution >= 4 is 83.8 Å². The number of carboxylic acid groups (broad SMARTS) is 1. The summed E-state index contributed by atoms with van der Waals surface area (Å²) >= 11 is 0. The van der Waals surface area contributed by atoms with Crippen molar-refractivity contribution in [1.82, 2.24) is 0 Å². The molecule has 0 bridgehead atoms. The highest BCUT2D eigenvalue weighted by Gasteiger charge is 2.45. The number of aryl methyl sites for hydroxylation is 1. The number of methoxy groups -OCH3 is 1. The number of allylic oxidation sites excluding steroid dienone is 9. The van der Waals surface area contributed by atoms with Crippen LogP contribution in [0.15, 0.2) is 128 Å². The third kappa shape index (κ3) is 18.6. The van der Waals surface area contributed by atoms with Crippen LogP contribution in [0.3, 0.4) is 0 Å². The van der Waals surface area contributed by atoms with Crippen LogP contribution in [0.25, 0.3) is 21.5 Å². The van der Waals surface area contributed by atoms with Crippen molar-refractivity contribution in [1.29, 1.82) is 0 Å². The number of unbranched alkanes of at least 4 members (excludes halogenated alkanes) is 2. The van der Waals surface area contributed by atoms with Crippen LogP contribution in [0.1, 0.15) is 75.5 Å². The molecule has 1 heterocycles. The first kappa shape index (κ1) is 68.5. The van der Waals surface area contributed by atoms with Crippen molar-refractivity contribution in [2.75, 3.05) is 83.8 Å².